The van der Waals surface area contributed by atoms with Gasteiger partial charge in [0.25, 0.3) is 0 Å². The van der Waals surface area contributed by atoms with Gasteiger partial charge in [0, 0.05) is 24.5 Å². The second kappa shape index (κ2) is 6.31. The van der Waals surface area contributed by atoms with Gasteiger partial charge in [0.1, 0.15) is 0 Å². The van der Waals surface area contributed by atoms with E-state index in [9.17, 15) is 0 Å². The minimum absolute atomic E-state index is 0.201. The zero-order chi connectivity index (χ0) is 15.6. The number of anilines is 2. The van der Waals surface area contributed by atoms with Crippen molar-refractivity contribution in [2.45, 2.75) is 40.2 Å². The summed E-state index contributed by atoms with van der Waals surface area (Å²) in [6, 6.07) is 13.4. The molecule has 0 fully saturated rings. The van der Waals surface area contributed by atoms with E-state index in [2.05, 4.69) is 69.1 Å². The third kappa shape index (κ3) is 3.64. The van der Waals surface area contributed by atoms with Crippen molar-refractivity contribution in [2.75, 3.05) is 11.9 Å². The van der Waals surface area contributed by atoms with E-state index in [1.807, 2.05) is 6.92 Å². The second-order valence-corrected chi connectivity index (χ2v) is 6.15. The van der Waals surface area contributed by atoms with Gasteiger partial charge in [-0.1, -0.05) is 29.8 Å². The number of aryl methyl sites for hydroxylation is 3. The number of nitrogens with two attached hydrogens (primary N) is 1. The van der Waals surface area contributed by atoms with Crippen molar-refractivity contribution in [3.05, 3.63) is 58.7 Å². The number of nitrogens with zero attached hydrogens (tertiary/aromatic N) is 1. The van der Waals surface area contributed by atoms with Gasteiger partial charge in [-0.3, -0.25) is 0 Å². The van der Waals surface area contributed by atoms with Gasteiger partial charge in [0.15, 0.2) is 0 Å². The molecule has 0 saturated carbocycles. The van der Waals surface area contributed by atoms with Crippen molar-refractivity contribution in [1.82, 2.24) is 0 Å². The summed E-state index contributed by atoms with van der Waals surface area (Å²) in [6.45, 7) is 8.51. The molecular weight excluding hydrogens is 256 g/mol. The quantitative estimate of drug-likeness (QED) is 0.907. The topological polar surface area (TPSA) is 29.3 Å². The average Bonchev–Trinajstić information content (AvgIpc) is 2.37. The average molecular weight is 282 g/mol. The minimum atomic E-state index is 0.201. The lowest BCUT2D eigenvalue weighted by Gasteiger charge is -2.24. The van der Waals surface area contributed by atoms with Crippen molar-refractivity contribution in [2.24, 2.45) is 5.73 Å². The van der Waals surface area contributed by atoms with Crippen LogP contribution >= 0.6 is 0 Å². The normalized spacial score (nSPS) is 12.3. The van der Waals surface area contributed by atoms with Gasteiger partial charge in [-0.2, -0.15) is 0 Å². The highest BCUT2D eigenvalue weighted by Crippen LogP contribution is 2.30. The van der Waals surface area contributed by atoms with E-state index in [0.717, 1.165) is 6.42 Å². The number of hydrogen-bond donors (Lipinski definition) is 1. The molecule has 1 unspecified atom stereocenters. The molecule has 0 aromatic heterocycles. The van der Waals surface area contributed by atoms with Gasteiger partial charge in [0.05, 0.1) is 0 Å². The Kier molecular flexibility index (Phi) is 4.69. The number of hydrogen-bond acceptors (Lipinski definition) is 2. The van der Waals surface area contributed by atoms with Gasteiger partial charge < -0.3 is 10.6 Å². The predicted molar refractivity (Wildman–Crippen MR) is 92.5 cm³/mol. The van der Waals surface area contributed by atoms with Gasteiger partial charge in [-0.25, -0.2) is 0 Å². The maximum atomic E-state index is 5.89. The van der Waals surface area contributed by atoms with Crippen molar-refractivity contribution in [3.63, 3.8) is 0 Å². The molecule has 112 valence electrons. The molecule has 2 heteroatoms. The number of benzene rings is 2. The summed E-state index contributed by atoms with van der Waals surface area (Å²) >= 11 is 0. The zero-order valence-electron chi connectivity index (χ0n) is 13.8. The Bertz CT molecular complexity index is 629. The first kappa shape index (κ1) is 15.6. The molecule has 2 N–H and O–H groups in total. The van der Waals surface area contributed by atoms with E-state index >= 15 is 0 Å². The van der Waals surface area contributed by atoms with Crippen LogP contribution in [0.25, 0.3) is 0 Å². The highest BCUT2D eigenvalue weighted by atomic mass is 15.1. The first-order valence-corrected chi connectivity index (χ1v) is 7.54. The van der Waals surface area contributed by atoms with E-state index in [1.165, 1.54) is 33.6 Å². The van der Waals surface area contributed by atoms with E-state index in [-0.39, 0.29) is 6.04 Å². The summed E-state index contributed by atoms with van der Waals surface area (Å²) in [5.41, 5.74) is 13.6. The van der Waals surface area contributed by atoms with Crippen LogP contribution in [0.5, 0.6) is 0 Å². The molecule has 0 aliphatic carbocycles. The first-order valence-electron chi connectivity index (χ1n) is 7.54. The summed E-state index contributed by atoms with van der Waals surface area (Å²) in [6.07, 6.45) is 0.925. The third-order valence-corrected chi connectivity index (χ3v) is 3.89. The number of rotatable bonds is 4. The molecule has 1 atom stereocenters. The lowest BCUT2D eigenvalue weighted by Crippen LogP contribution is -2.18. The van der Waals surface area contributed by atoms with Crippen LogP contribution in [0.1, 0.15) is 29.2 Å². The zero-order valence-corrected chi connectivity index (χ0v) is 13.8. The fraction of sp³-hybridized carbons (Fsp3) is 0.368. The molecule has 2 rings (SSSR count). The highest BCUT2D eigenvalue weighted by Gasteiger charge is 2.10. The fourth-order valence-corrected chi connectivity index (χ4v) is 2.90. The third-order valence-electron chi connectivity index (χ3n) is 3.89. The monoisotopic (exact) mass is 282 g/mol. The molecule has 0 aliphatic rings. The van der Waals surface area contributed by atoms with Crippen LogP contribution in [0.4, 0.5) is 11.4 Å². The van der Waals surface area contributed by atoms with Crippen molar-refractivity contribution < 1.29 is 0 Å². The van der Waals surface area contributed by atoms with Crippen LogP contribution < -0.4 is 10.6 Å². The van der Waals surface area contributed by atoms with Crippen LogP contribution in [0.15, 0.2) is 36.4 Å². The predicted octanol–water partition coefficient (Wildman–Crippen LogP) is 4.27. The van der Waals surface area contributed by atoms with E-state index < -0.39 is 0 Å². The van der Waals surface area contributed by atoms with Crippen molar-refractivity contribution >= 4 is 11.4 Å². The maximum absolute atomic E-state index is 5.89. The lowest BCUT2D eigenvalue weighted by atomic mass is 10.0. The summed E-state index contributed by atoms with van der Waals surface area (Å²) < 4.78 is 0. The van der Waals surface area contributed by atoms with Crippen LogP contribution in [0.3, 0.4) is 0 Å². The Hall–Kier alpha value is -1.80. The molecule has 0 radical (unpaired) electrons. The molecule has 0 aliphatic heterocycles. The molecule has 21 heavy (non-hydrogen) atoms. The van der Waals surface area contributed by atoms with Crippen molar-refractivity contribution in [3.8, 4) is 0 Å². The molecule has 0 spiro atoms. The molecule has 0 amide bonds. The van der Waals surface area contributed by atoms with Gasteiger partial charge in [-0.05, 0) is 62.9 Å². The van der Waals surface area contributed by atoms with Gasteiger partial charge >= 0.3 is 0 Å². The van der Waals surface area contributed by atoms with Gasteiger partial charge in [0.2, 0.25) is 0 Å². The summed E-state index contributed by atoms with van der Waals surface area (Å²) in [5, 5.41) is 0. The van der Waals surface area contributed by atoms with Crippen LogP contribution in [-0.4, -0.2) is 13.1 Å². The Morgan fingerprint density at radius 2 is 1.52 bits per heavy atom. The van der Waals surface area contributed by atoms with E-state index in [1.54, 1.807) is 0 Å². The highest BCUT2D eigenvalue weighted by molar-refractivity contribution is 5.68. The fourth-order valence-electron chi connectivity index (χ4n) is 2.90. The molecule has 0 saturated heterocycles. The first-order chi connectivity index (χ1) is 9.88. The minimum Gasteiger partial charge on any atom is -0.344 e. The van der Waals surface area contributed by atoms with Crippen LogP contribution in [0, 0.1) is 20.8 Å². The molecule has 2 aromatic rings. The summed E-state index contributed by atoms with van der Waals surface area (Å²) in [5.74, 6) is 0. The molecule has 0 bridgehead atoms. The van der Waals surface area contributed by atoms with Crippen LogP contribution in [0.2, 0.25) is 0 Å². The van der Waals surface area contributed by atoms with E-state index in [4.69, 9.17) is 5.73 Å². The summed E-state index contributed by atoms with van der Waals surface area (Å²) in [7, 11) is 2.13. The Balaban J connectivity index is 2.32. The second-order valence-electron chi connectivity index (χ2n) is 6.15. The Morgan fingerprint density at radius 3 is 2.05 bits per heavy atom. The largest absolute Gasteiger partial charge is 0.344 e. The maximum Gasteiger partial charge on any atom is 0.0438 e. The standard InChI is InChI=1S/C19H26N2/c1-13-6-8-18(14(2)10-13)21(5)19-9-7-17(11-15(19)3)12-16(4)20/h6-11,16H,12,20H2,1-5H3. The summed E-state index contributed by atoms with van der Waals surface area (Å²) in [4.78, 5) is 2.26. The molecule has 2 aromatic carbocycles. The van der Waals surface area contributed by atoms with Crippen LogP contribution in [-0.2, 0) is 6.42 Å². The SMILES string of the molecule is Cc1ccc(N(C)c2ccc(CC(C)N)cc2C)c(C)c1. The van der Waals surface area contributed by atoms with Gasteiger partial charge in [-0.15, -0.1) is 0 Å². The smallest absolute Gasteiger partial charge is 0.0438 e. The molecule has 2 nitrogen and oxygen atoms in total. The molecular formula is C19H26N2. The lowest BCUT2D eigenvalue weighted by molar-refractivity contribution is 0.737. The Labute approximate surface area is 128 Å². The van der Waals surface area contributed by atoms with E-state index in [0.29, 0.717) is 0 Å². The Morgan fingerprint density at radius 1 is 0.952 bits per heavy atom. The van der Waals surface area contributed by atoms with Crippen molar-refractivity contribution in [1.29, 1.82) is 0 Å². The molecule has 0 heterocycles.